The Morgan fingerprint density at radius 3 is 2.59 bits per heavy atom. The van der Waals surface area contributed by atoms with Gasteiger partial charge in [-0.15, -0.1) is 0 Å². The van der Waals surface area contributed by atoms with Crippen LogP contribution in [0.1, 0.15) is 22.8 Å². The average molecular weight is 362 g/mol. The number of carbonyl (C=O) groups excluding carboxylic acids is 1. The quantitative estimate of drug-likeness (QED) is 0.507. The zero-order valence-corrected chi connectivity index (χ0v) is 12.2. The fourth-order valence-corrected chi connectivity index (χ4v) is 2.04. The minimum absolute atomic E-state index is 0.0867. The molecule has 90 valence electrons. The molecule has 17 heavy (non-hydrogen) atoms. The molecule has 1 atom stereocenters. The van der Waals surface area contributed by atoms with Crippen LogP contribution in [0.4, 0.5) is 0 Å². The van der Waals surface area contributed by atoms with Gasteiger partial charge in [-0.25, -0.2) is 4.79 Å². The van der Waals surface area contributed by atoms with Crippen LogP contribution < -0.4 is 0 Å². The summed E-state index contributed by atoms with van der Waals surface area (Å²) in [6, 6.07) is 5.17. The molecule has 1 aromatic rings. The molecule has 3 nitrogen and oxygen atoms in total. The molecule has 0 radical (unpaired) electrons. The van der Waals surface area contributed by atoms with Crippen molar-refractivity contribution in [2.75, 3.05) is 0 Å². The summed E-state index contributed by atoms with van der Waals surface area (Å²) < 4.78 is 0.689. The number of carboxylic acids is 1. The summed E-state index contributed by atoms with van der Waals surface area (Å²) >= 11 is 6.51. The monoisotopic (exact) mass is 360 g/mol. The Kier molecular flexibility index (Phi) is 5.08. The van der Waals surface area contributed by atoms with Crippen LogP contribution in [-0.4, -0.2) is 21.7 Å². The Balaban J connectivity index is 3.26. The molecule has 5 heteroatoms. The van der Waals surface area contributed by atoms with Crippen molar-refractivity contribution in [1.82, 2.24) is 0 Å². The van der Waals surface area contributed by atoms with E-state index in [0.29, 0.717) is 15.6 Å². The number of benzene rings is 1. The number of carboxylic acid groups (broad SMARTS) is 1. The van der Waals surface area contributed by atoms with Crippen molar-refractivity contribution in [2.45, 2.75) is 11.8 Å². The van der Waals surface area contributed by atoms with Crippen LogP contribution in [0.2, 0.25) is 0 Å². The lowest BCUT2D eigenvalue weighted by Crippen LogP contribution is -2.11. The van der Waals surface area contributed by atoms with Crippen molar-refractivity contribution in [1.29, 1.82) is 0 Å². The lowest BCUT2D eigenvalue weighted by Gasteiger charge is -2.08. The zero-order chi connectivity index (χ0) is 13.0. The van der Waals surface area contributed by atoms with Crippen molar-refractivity contribution in [3.63, 3.8) is 0 Å². The number of halogens is 2. The van der Waals surface area contributed by atoms with Gasteiger partial charge in [-0.2, -0.15) is 0 Å². The second-order valence-electron chi connectivity index (χ2n) is 3.35. The van der Waals surface area contributed by atoms with Gasteiger partial charge in [0.2, 0.25) is 0 Å². The Morgan fingerprint density at radius 2 is 2.06 bits per heavy atom. The van der Waals surface area contributed by atoms with Gasteiger partial charge in [0.05, 0.1) is 4.83 Å². The average Bonchev–Trinajstić information content (AvgIpc) is 2.25. The van der Waals surface area contributed by atoms with E-state index in [-0.39, 0.29) is 10.6 Å². The number of alkyl halides is 1. The van der Waals surface area contributed by atoms with Crippen LogP contribution in [0.25, 0.3) is 6.08 Å². The zero-order valence-electron chi connectivity index (χ0n) is 8.98. The predicted molar refractivity (Wildman–Crippen MR) is 73.5 cm³/mol. The van der Waals surface area contributed by atoms with Gasteiger partial charge in [0.25, 0.3) is 0 Å². The van der Waals surface area contributed by atoms with Crippen LogP contribution in [0, 0.1) is 0 Å². The van der Waals surface area contributed by atoms with E-state index in [0.717, 1.165) is 6.08 Å². The first-order chi connectivity index (χ1) is 7.93. The molecule has 0 amide bonds. The second kappa shape index (κ2) is 6.12. The normalized spacial score (nSPS) is 12.6. The van der Waals surface area contributed by atoms with Crippen LogP contribution in [0.15, 0.2) is 28.7 Å². The molecule has 1 unspecified atom stereocenters. The van der Waals surface area contributed by atoms with Crippen molar-refractivity contribution in [3.8, 4) is 0 Å². The van der Waals surface area contributed by atoms with E-state index in [2.05, 4.69) is 31.9 Å². The number of carbonyl (C=O) groups is 2. The highest BCUT2D eigenvalue weighted by molar-refractivity contribution is 9.10. The molecule has 0 aromatic heterocycles. The largest absolute Gasteiger partial charge is 0.478 e. The van der Waals surface area contributed by atoms with Gasteiger partial charge in [-0.3, -0.25) is 4.79 Å². The predicted octanol–water partition coefficient (Wildman–Crippen LogP) is 3.51. The highest BCUT2D eigenvalue weighted by Gasteiger charge is 2.16. The van der Waals surface area contributed by atoms with E-state index in [1.807, 2.05) is 0 Å². The second-order valence-corrected chi connectivity index (χ2v) is 5.58. The standard InChI is InChI=1S/C12H10Br2O3/c1-7(13)12(17)9-3-2-4-10(14)8(9)5-6-11(15)16/h2-7H,1H3,(H,15,16)/b6-5+. The summed E-state index contributed by atoms with van der Waals surface area (Å²) in [6.45, 7) is 1.73. The fourth-order valence-electron chi connectivity index (χ4n) is 1.29. The third-order valence-electron chi connectivity index (χ3n) is 2.07. The molecule has 0 aliphatic carbocycles. The van der Waals surface area contributed by atoms with Crippen LogP contribution in [0.5, 0.6) is 0 Å². The number of ketones is 1. The first kappa shape index (κ1) is 14.1. The summed E-state index contributed by atoms with van der Waals surface area (Å²) in [4.78, 5) is 22.1. The molecular formula is C12H10Br2O3. The van der Waals surface area contributed by atoms with Gasteiger partial charge >= 0.3 is 5.97 Å². The molecule has 0 saturated carbocycles. The first-order valence-corrected chi connectivity index (χ1v) is 6.52. The van der Waals surface area contributed by atoms with Gasteiger partial charge in [0.15, 0.2) is 5.78 Å². The summed E-state index contributed by atoms with van der Waals surface area (Å²) in [5.41, 5.74) is 1.06. The Morgan fingerprint density at radius 1 is 1.41 bits per heavy atom. The Hall–Kier alpha value is -0.940. The number of Topliss-reactive ketones (excluding diaryl/α,β-unsaturated/α-hetero) is 1. The van der Waals surface area contributed by atoms with E-state index >= 15 is 0 Å². The summed E-state index contributed by atoms with van der Waals surface area (Å²) in [6.07, 6.45) is 2.42. The van der Waals surface area contributed by atoms with Crippen molar-refractivity contribution in [2.24, 2.45) is 0 Å². The third kappa shape index (κ3) is 3.78. The van der Waals surface area contributed by atoms with Gasteiger partial charge in [-0.1, -0.05) is 44.0 Å². The summed E-state index contributed by atoms with van der Waals surface area (Å²) in [5.74, 6) is -1.14. The van der Waals surface area contributed by atoms with E-state index in [1.54, 1.807) is 25.1 Å². The maximum absolute atomic E-state index is 11.9. The van der Waals surface area contributed by atoms with Crippen LogP contribution in [0.3, 0.4) is 0 Å². The fraction of sp³-hybridized carbons (Fsp3) is 0.167. The molecule has 0 heterocycles. The summed E-state index contributed by atoms with van der Waals surface area (Å²) in [7, 11) is 0. The lowest BCUT2D eigenvalue weighted by atomic mass is 10.0. The Bertz CT molecular complexity index is 479. The van der Waals surface area contributed by atoms with Crippen molar-refractivity contribution in [3.05, 3.63) is 39.9 Å². The number of rotatable bonds is 4. The summed E-state index contributed by atoms with van der Waals surface area (Å²) in [5, 5.41) is 8.61. The molecule has 0 aliphatic heterocycles. The minimum Gasteiger partial charge on any atom is -0.478 e. The molecule has 0 aliphatic rings. The molecule has 1 N–H and O–H groups in total. The number of aliphatic carboxylic acids is 1. The van der Waals surface area contributed by atoms with Crippen molar-refractivity contribution < 1.29 is 14.7 Å². The van der Waals surface area contributed by atoms with E-state index < -0.39 is 5.97 Å². The van der Waals surface area contributed by atoms with Crippen LogP contribution in [-0.2, 0) is 4.79 Å². The van der Waals surface area contributed by atoms with E-state index in [9.17, 15) is 9.59 Å². The van der Waals surface area contributed by atoms with E-state index in [1.165, 1.54) is 6.08 Å². The topological polar surface area (TPSA) is 54.4 Å². The minimum atomic E-state index is -1.05. The number of hydrogen-bond acceptors (Lipinski definition) is 2. The van der Waals surface area contributed by atoms with Gasteiger partial charge in [-0.05, 0) is 24.6 Å². The smallest absolute Gasteiger partial charge is 0.328 e. The third-order valence-corrected chi connectivity index (χ3v) is 3.18. The molecule has 1 aromatic carbocycles. The van der Waals surface area contributed by atoms with E-state index in [4.69, 9.17) is 5.11 Å². The van der Waals surface area contributed by atoms with Gasteiger partial charge in [0, 0.05) is 16.1 Å². The highest BCUT2D eigenvalue weighted by atomic mass is 79.9. The molecule has 0 spiro atoms. The SMILES string of the molecule is CC(Br)C(=O)c1cccc(Br)c1/C=C/C(=O)O. The maximum atomic E-state index is 11.9. The van der Waals surface area contributed by atoms with Gasteiger partial charge < -0.3 is 5.11 Å². The lowest BCUT2D eigenvalue weighted by molar-refractivity contribution is -0.131. The highest BCUT2D eigenvalue weighted by Crippen LogP contribution is 2.24. The maximum Gasteiger partial charge on any atom is 0.328 e. The molecule has 1 rings (SSSR count). The first-order valence-electron chi connectivity index (χ1n) is 4.81. The number of hydrogen-bond donors (Lipinski definition) is 1. The molecule has 0 bridgehead atoms. The van der Waals surface area contributed by atoms with Crippen molar-refractivity contribution >= 4 is 49.7 Å². The van der Waals surface area contributed by atoms with Gasteiger partial charge in [0.1, 0.15) is 0 Å². The van der Waals surface area contributed by atoms with Crippen LogP contribution >= 0.6 is 31.9 Å². The Labute approximate surface area is 116 Å². The molecular weight excluding hydrogens is 352 g/mol. The molecule has 0 fully saturated rings. The molecule has 0 saturated heterocycles.